The maximum atomic E-state index is 12.7. The number of hydrogen-bond donors (Lipinski definition) is 1. The standard InChI is InChI=1S/C25H19Cl2N3O5/c1-15-3-7-20(30(32)33)12-22(15)29-25(31)18(13-28)9-16-4-8-23(34-2)24(10-16)35-14-17-5-6-19(26)11-21(17)27/h3-12H,14H2,1-2H3,(H,29,31)/b18-9+. The minimum absolute atomic E-state index is 0.136. The first-order valence-electron chi connectivity index (χ1n) is 10.1. The Bertz CT molecular complexity index is 1370. The van der Waals surface area contributed by atoms with Gasteiger partial charge in [0.25, 0.3) is 11.6 Å². The van der Waals surface area contributed by atoms with Gasteiger partial charge in [0.05, 0.1) is 17.7 Å². The average Bonchev–Trinajstić information content (AvgIpc) is 2.83. The molecule has 0 saturated heterocycles. The first-order valence-corrected chi connectivity index (χ1v) is 10.9. The number of anilines is 1. The zero-order valence-electron chi connectivity index (χ0n) is 18.7. The summed E-state index contributed by atoms with van der Waals surface area (Å²) in [5, 5.41) is 24.1. The van der Waals surface area contributed by atoms with Gasteiger partial charge in [-0.25, -0.2) is 0 Å². The summed E-state index contributed by atoms with van der Waals surface area (Å²) in [4.78, 5) is 23.2. The summed E-state index contributed by atoms with van der Waals surface area (Å²) in [5.41, 5.74) is 1.69. The normalized spacial score (nSPS) is 10.9. The van der Waals surface area contributed by atoms with E-state index in [-0.39, 0.29) is 23.6 Å². The van der Waals surface area contributed by atoms with Gasteiger partial charge in [-0.05, 0) is 48.4 Å². The number of nitrogens with one attached hydrogen (secondary N) is 1. The quantitative estimate of drug-likeness (QED) is 0.163. The van der Waals surface area contributed by atoms with Gasteiger partial charge in [0, 0.05) is 27.7 Å². The number of non-ortho nitro benzene ring substituents is 1. The molecule has 178 valence electrons. The van der Waals surface area contributed by atoms with Gasteiger partial charge in [0.15, 0.2) is 11.5 Å². The maximum Gasteiger partial charge on any atom is 0.271 e. The van der Waals surface area contributed by atoms with E-state index in [1.165, 1.54) is 31.4 Å². The summed E-state index contributed by atoms with van der Waals surface area (Å²) in [6.07, 6.45) is 1.38. The number of carbonyl (C=O) groups is 1. The molecule has 10 heteroatoms. The first-order chi connectivity index (χ1) is 16.7. The van der Waals surface area contributed by atoms with Crippen LogP contribution in [0, 0.1) is 28.4 Å². The molecule has 0 spiro atoms. The van der Waals surface area contributed by atoms with Crippen molar-refractivity contribution in [2.45, 2.75) is 13.5 Å². The van der Waals surface area contributed by atoms with Crippen molar-refractivity contribution < 1.29 is 19.2 Å². The fourth-order valence-corrected chi connectivity index (χ4v) is 3.52. The Morgan fingerprint density at radius 2 is 1.91 bits per heavy atom. The second kappa shape index (κ2) is 11.4. The first kappa shape index (κ1) is 25.6. The van der Waals surface area contributed by atoms with Crippen LogP contribution in [0.25, 0.3) is 6.08 Å². The molecule has 0 bridgehead atoms. The van der Waals surface area contributed by atoms with Gasteiger partial charge in [-0.2, -0.15) is 5.26 Å². The molecule has 0 unspecified atom stereocenters. The highest BCUT2D eigenvalue weighted by atomic mass is 35.5. The highest BCUT2D eigenvalue weighted by Crippen LogP contribution is 2.31. The van der Waals surface area contributed by atoms with Crippen LogP contribution in [-0.2, 0) is 11.4 Å². The number of nitrogens with zero attached hydrogens (tertiary/aromatic N) is 2. The van der Waals surface area contributed by atoms with E-state index in [1.54, 1.807) is 43.3 Å². The lowest BCUT2D eigenvalue weighted by atomic mass is 10.1. The number of halogens is 2. The van der Waals surface area contributed by atoms with Crippen LogP contribution in [0.15, 0.2) is 60.2 Å². The second-order valence-electron chi connectivity index (χ2n) is 7.31. The number of nitriles is 1. The van der Waals surface area contributed by atoms with Crippen LogP contribution in [0.3, 0.4) is 0 Å². The van der Waals surface area contributed by atoms with Crippen LogP contribution in [0.1, 0.15) is 16.7 Å². The molecule has 8 nitrogen and oxygen atoms in total. The predicted molar refractivity (Wildman–Crippen MR) is 134 cm³/mol. The molecule has 0 atom stereocenters. The molecule has 1 amide bonds. The van der Waals surface area contributed by atoms with Crippen molar-refractivity contribution in [3.8, 4) is 17.6 Å². The number of benzene rings is 3. The third-order valence-corrected chi connectivity index (χ3v) is 5.53. The van der Waals surface area contributed by atoms with Crippen molar-refractivity contribution in [3.63, 3.8) is 0 Å². The number of ether oxygens (including phenoxy) is 2. The lowest BCUT2D eigenvalue weighted by Crippen LogP contribution is -2.14. The van der Waals surface area contributed by atoms with Crippen LogP contribution in [0.5, 0.6) is 11.5 Å². The zero-order chi connectivity index (χ0) is 25.5. The molecule has 0 fully saturated rings. The lowest BCUT2D eigenvalue weighted by molar-refractivity contribution is -0.384. The van der Waals surface area contributed by atoms with Crippen LogP contribution < -0.4 is 14.8 Å². The Morgan fingerprint density at radius 1 is 1.14 bits per heavy atom. The van der Waals surface area contributed by atoms with Crippen LogP contribution in [-0.4, -0.2) is 17.9 Å². The van der Waals surface area contributed by atoms with Crippen LogP contribution >= 0.6 is 23.2 Å². The Hall–Kier alpha value is -4.06. The number of nitro groups is 1. The summed E-state index contributed by atoms with van der Waals surface area (Å²) < 4.78 is 11.2. The molecular formula is C25H19Cl2N3O5. The van der Waals surface area contributed by atoms with E-state index in [4.69, 9.17) is 32.7 Å². The Labute approximate surface area is 211 Å². The molecular weight excluding hydrogens is 493 g/mol. The fourth-order valence-electron chi connectivity index (χ4n) is 3.05. The van der Waals surface area contributed by atoms with Crippen molar-refractivity contribution in [2.24, 2.45) is 0 Å². The van der Waals surface area contributed by atoms with Gasteiger partial charge in [0.2, 0.25) is 0 Å². The van der Waals surface area contributed by atoms with Gasteiger partial charge < -0.3 is 14.8 Å². The third-order valence-electron chi connectivity index (χ3n) is 4.94. The Balaban J connectivity index is 1.84. The maximum absolute atomic E-state index is 12.7. The summed E-state index contributed by atoms with van der Waals surface area (Å²) >= 11 is 12.1. The summed E-state index contributed by atoms with van der Waals surface area (Å²) in [7, 11) is 1.49. The second-order valence-corrected chi connectivity index (χ2v) is 8.16. The van der Waals surface area contributed by atoms with Crippen molar-refractivity contribution in [1.82, 2.24) is 0 Å². The highest BCUT2D eigenvalue weighted by molar-refractivity contribution is 6.35. The fraction of sp³-hybridized carbons (Fsp3) is 0.120. The summed E-state index contributed by atoms with van der Waals surface area (Å²) in [6, 6.07) is 15.9. The van der Waals surface area contributed by atoms with E-state index in [1.807, 2.05) is 6.07 Å². The van der Waals surface area contributed by atoms with Gasteiger partial charge in [-0.15, -0.1) is 0 Å². The van der Waals surface area contributed by atoms with Crippen molar-refractivity contribution >= 4 is 46.6 Å². The summed E-state index contributed by atoms with van der Waals surface area (Å²) in [6.45, 7) is 1.83. The molecule has 0 heterocycles. The molecule has 0 saturated carbocycles. The van der Waals surface area contributed by atoms with Crippen LogP contribution in [0.4, 0.5) is 11.4 Å². The van der Waals surface area contributed by atoms with E-state index >= 15 is 0 Å². The highest BCUT2D eigenvalue weighted by Gasteiger charge is 2.15. The van der Waals surface area contributed by atoms with Gasteiger partial charge >= 0.3 is 0 Å². The number of amides is 1. The van der Waals surface area contributed by atoms with Crippen molar-refractivity contribution in [2.75, 3.05) is 12.4 Å². The molecule has 35 heavy (non-hydrogen) atoms. The molecule has 0 aliphatic carbocycles. The number of nitro benzene ring substituents is 1. The molecule has 1 N–H and O–H groups in total. The van der Waals surface area contributed by atoms with Gasteiger partial charge in [-0.1, -0.05) is 41.4 Å². The molecule has 0 aromatic heterocycles. The van der Waals surface area contributed by atoms with Gasteiger partial charge in [0.1, 0.15) is 18.2 Å². The van der Waals surface area contributed by atoms with E-state index in [9.17, 15) is 20.2 Å². The molecule has 3 rings (SSSR count). The van der Waals surface area contributed by atoms with Crippen molar-refractivity contribution in [1.29, 1.82) is 5.26 Å². The zero-order valence-corrected chi connectivity index (χ0v) is 20.2. The topological polar surface area (TPSA) is 114 Å². The number of carbonyl (C=O) groups excluding carboxylic acids is 1. The third kappa shape index (κ3) is 6.51. The smallest absolute Gasteiger partial charge is 0.271 e. The number of aryl methyl sites for hydroxylation is 1. The number of methoxy groups -OCH3 is 1. The minimum atomic E-state index is -0.706. The van der Waals surface area contributed by atoms with Gasteiger partial charge in [-0.3, -0.25) is 14.9 Å². The Kier molecular flexibility index (Phi) is 8.31. The molecule has 3 aromatic carbocycles. The van der Waals surface area contributed by atoms with E-state index in [2.05, 4.69) is 5.32 Å². The monoisotopic (exact) mass is 511 g/mol. The minimum Gasteiger partial charge on any atom is -0.493 e. The van der Waals surface area contributed by atoms with E-state index in [0.717, 1.165) is 0 Å². The predicted octanol–water partition coefficient (Wildman–Crippen LogP) is 6.34. The SMILES string of the molecule is COc1ccc(/C=C(\C#N)C(=O)Nc2cc([N+](=O)[O-])ccc2C)cc1OCc1ccc(Cl)cc1Cl. The Morgan fingerprint density at radius 3 is 2.57 bits per heavy atom. The average molecular weight is 512 g/mol. The van der Waals surface area contributed by atoms with E-state index in [0.29, 0.717) is 38.2 Å². The lowest BCUT2D eigenvalue weighted by Gasteiger charge is -2.13. The summed E-state index contributed by atoms with van der Waals surface area (Å²) in [5.74, 6) is 0.115. The number of rotatable bonds is 8. The van der Waals surface area contributed by atoms with E-state index < -0.39 is 10.8 Å². The molecule has 0 radical (unpaired) electrons. The van der Waals surface area contributed by atoms with Crippen LogP contribution in [0.2, 0.25) is 10.0 Å². The largest absolute Gasteiger partial charge is 0.493 e. The molecule has 0 aliphatic rings. The van der Waals surface area contributed by atoms with Crippen molar-refractivity contribution in [3.05, 3.63) is 97.0 Å². The molecule has 0 aliphatic heterocycles. The number of hydrogen-bond acceptors (Lipinski definition) is 6. The molecule has 3 aromatic rings.